The van der Waals surface area contributed by atoms with Gasteiger partial charge in [0.25, 0.3) is 5.91 Å². The molecule has 2 N–H and O–H groups in total. The first-order valence-corrected chi connectivity index (χ1v) is 7.19. The fraction of sp³-hybridized carbons (Fsp3) is 0.267. The summed E-state index contributed by atoms with van der Waals surface area (Å²) in [4.78, 5) is 20.1. The van der Waals surface area contributed by atoms with Crippen molar-refractivity contribution in [2.45, 2.75) is 19.8 Å². The van der Waals surface area contributed by atoms with E-state index >= 15 is 0 Å². The minimum absolute atomic E-state index is 0.203. The van der Waals surface area contributed by atoms with Gasteiger partial charge in [0, 0.05) is 17.3 Å². The highest BCUT2D eigenvalue weighted by atomic mass is 35.5. The molecule has 1 amide bonds. The van der Waals surface area contributed by atoms with Gasteiger partial charge in [0.1, 0.15) is 11.5 Å². The average molecular weight is 305 g/mol. The summed E-state index contributed by atoms with van der Waals surface area (Å²) in [6, 6.07) is 7.29. The third-order valence-electron chi connectivity index (χ3n) is 2.80. The summed E-state index contributed by atoms with van der Waals surface area (Å²) in [5, 5.41) is 6.51. The molecule has 0 saturated heterocycles. The van der Waals surface area contributed by atoms with Crippen LogP contribution in [0, 0.1) is 0 Å². The quantitative estimate of drug-likeness (QED) is 0.803. The number of halogens is 1. The number of hydrogen-bond acceptors (Lipinski definition) is 4. The van der Waals surface area contributed by atoms with E-state index in [1.807, 2.05) is 12.1 Å². The van der Waals surface area contributed by atoms with Crippen molar-refractivity contribution in [2.24, 2.45) is 0 Å². The number of nitrogens with zero attached hydrogens (tertiary/aromatic N) is 2. The fourth-order valence-electron chi connectivity index (χ4n) is 1.69. The highest BCUT2D eigenvalue weighted by Gasteiger charge is 2.07. The Morgan fingerprint density at radius 1 is 1.29 bits per heavy atom. The number of anilines is 2. The van der Waals surface area contributed by atoms with Gasteiger partial charge in [-0.1, -0.05) is 31.0 Å². The summed E-state index contributed by atoms with van der Waals surface area (Å²) in [6.45, 7) is 2.72. The molecular formula is C15H17ClN4O. The van der Waals surface area contributed by atoms with E-state index < -0.39 is 0 Å². The van der Waals surface area contributed by atoms with Crippen molar-refractivity contribution in [1.29, 1.82) is 0 Å². The van der Waals surface area contributed by atoms with E-state index in [0.29, 0.717) is 23.1 Å². The number of aromatic nitrogens is 2. The number of benzene rings is 1. The van der Waals surface area contributed by atoms with Crippen LogP contribution in [0.3, 0.4) is 0 Å². The van der Waals surface area contributed by atoms with Gasteiger partial charge in [-0.2, -0.15) is 0 Å². The minimum atomic E-state index is -0.203. The number of amides is 1. The van der Waals surface area contributed by atoms with Crippen LogP contribution >= 0.6 is 11.6 Å². The number of unbranched alkanes of at least 4 members (excludes halogenated alkanes) is 1. The summed E-state index contributed by atoms with van der Waals surface area (Å²) < 4.78 is 0. The SMILES string of the molecule is CCCCNC(=O)c1cnc(Nc2cccc(Cl)c2)cn1. The molecule has 0 unspecified atom stereocenters. The third-order valence-corrected chi connectivity index (χ3v) is 3.03. The summed E-state index contributed by atoms with van der Waals surface area (Å²) in [5.41, 5.74) is 1.12. The van der Waals surface area contributed by atoms with Crippen molar-refractivity contribution in [3.05, 3.63) is 47.4 Å². The van der Waals surface area contributed by atoms with Gasteiger partial charge in [-0.15, -0.1) is 0 Å². The lowest BCUT2D eigenvalue weighted by Gasteiger charge is -2.07. The molecular weight excluding hydrogens is 288 g/mol. The lowest BCUT2D eigenvalue weighted by atomic mass is 10.3. The van der Waals surface area contributed by atoms with Gasteiger partial charge >= 0.3 is 0 Å². The van der Waals surface area contributed by atoms with Crippen LogP contribution < -0.4 is 10.6 Å². The number of hydrogen-bond donors (Lipinski definition) is 2. The molecule has 1 aromatic heterocycles. The van der Waals surface area contributed by atoms with Crippen molar-refractivity contribution < 1.29 is 4.79 Å². The molecule has 0 spiro atoms. The molecule has 0 saturated carbocycles. The maximum absolute atomic E-state index is 11.8. The molecule has 0 aliphatic rings. The normalized spacial score (nSPS) is 10.2. The predicted molar refractivity (Wildman–Crippen MR) is 84.0 cm³/mol. The van der Waals surface area contributed by atoms with Crippen LogP contribution in [0.5, 0.6) is 0 Å². The summed E-state index contributed by atoms with van der Waals surface area (Å²) in [7, 11) is 0. The van der Waals surface area contributed by atoms with Gasteiger partial charge in [0.05, 0.1) is 12.4 Å². The topological polar surface area (TPSA) is 66.9 Å². The van der Waals surface area contributed by atoms with Crippen LogP contribution in [0.1, 0.15) is 30.3 Å². The van der Waals surface area contributed by atoms with Gasteiger partial charge in [-0.25, -0.2) is 9.97 Å². The fourth-order valence-corrected chi connectivity index (χ4v) is 1.88. The number of rotatable bonds is 6. The lowest BCUT2D eigenvalue weighted by molar-refractivity contribution is 0.0948. The number of nitrogens with one attached hydrogen (secondary N) is 2. The van der Waals surface area contributed by atoms with Crippen molar-refractivity contribution in [3.8, 4) is 0 Å². The van der Waals surface area contributed by atoms with E-state index in [-0.39, 0.29) is 5.91 Å². The molecule has 0 fully saturated rings. The molecule has 0 aliphatic carbocycles. The largest absolute Gasteiger partial charge is 0.351 e. The molecule has 1 aromatic carbocycles. The molecule has 0 bridgehead atoms. The van der Waals surface area contributed by atoms with Gasteiger partial charge in [0.2, 0.25) is 0 Å². The van der Waals surface area contributed by atoms with Crippen molar-refractivity contribution in [1.82, 2.24) is 15.3 Å². The van der Waals surface area contributed by atoms with E-state index in [9.17, 15) is 4.79 Å². The van der Waals surface area contributed by atoms with Crippen molar-refractivity contribution >= 4 is 29.0 Å². The molecule has 6 heteroatoms. The van der Waals surface area contributed by atoms with E-state index in [1.54, 1.807) is 12.1 Å². The maximum atomic E-state index is 11.8. The zero-order chi connectivity index (χ0) is 15.1. The summed E-state index contributed by atoms with van der Waals surface area (Å²) >= 11 is 5.91. The van der Waals surface area contributed by atoms with Crippen LogP contribution in [0.25, 0.3) is 0 Å². The molecule has 110 valence electrons. The van der Waals surface area contributed by atoms with E-state index in [4.69, 9.17) is 11.6 Å². The van der Waals surface area contributed by atoms with Gasteiger partial charge in [0.15, 0.2) is 0 Å². The van der Waals surface area contributed by atoms with E-state index in [1.165, 1.54) is 12.4 Å². The minimum Gasteiger partial charge on any atom is -0.351 e. The molecule has 2 rings (SSSR count). The third kappa shape index (κ3) is 4.72. The first-order valence-electron chi connectivity index (χ1n) is 6.82. The van der Waals surface area contributed by atoms with Crippen LogP contribution in [0.2, 0.25) is 5.02 Å². The molecule has 5 nitrogen and oxygen atoms in total. The number of carbonyl (C=O) groups is 1. The summed E-state index contributed by atoms with van der Waals surface area (Å²) in [5.74, 6) is 0.354. The second-order valence-electron chi connectivity index (χ2n) is 4.53. The Kier molecular flexibility index (Phi) is 5.51. The van der Waals surface area contributed by atoms with Crippen molar-refractivity contribution in [3.63, 3.8) is 0 Å². The predicted octanol–water partition coefficient (Wildman–Crippen LogP) is 3.40. The standard InChI is InChI=1S/C15H17ClN4O/c1-2-3-7-17-15(21)13-9-19-14(10-18-13)20-12-6-4-5-11(16)8-12/h4-6,8-10H,2-3,7H2,1H3,(H,17,21)(H,19,20). The first-order chi connectivity index (χ1) is 10.2. The molecule has 0 aliphatic heterocycles. The zero-order valence-electron chi connectivity index (χ0n) is 11.8. The van der Waals surface area contributed by atoms with Crippen LogP contribution in [0.4, 0.5) is 11.5 Å². The molecule has 2 aromatic rings. The van der Waals surface area contributed by atoms with Crippen molar-refractivity contribution in [2.75, 3.05) is 11.9 Å². The molecule has 0 radical (unpaired) electrons. The van der Waals surface area contributed by atoms with Gasteiger partial charge in [-0.3, -0.25) is 4.79 Å². The Labute approximate surface area is 128 Å². The average Bonchev–Trinajstić information content (AvgIpc) is 2.48. The maximum Gasteiger partial charge on any atom is 0.271 e. The number of carbonyl (C=O) groups excluding carboxylic acids is 1. The summed E-state index contributed by atoms with van der Waals surface area (Å²) in [6.07, 6.45) is 4.96. The smallest absolute Gasteiger partial charge is 0.271 e. The van der Waals surface area contributed by atoms with Gasteiger partial charge < -0.3 is 10.6 Å². The molecule has 21 heavy (non-hydrogen) atoms. The highest BCUT2D eigenvalue weighted by molar-refractivity contribution is 6.30. The molecule has 0 atom stereocenters. The Morgan fingerprint density at radius 3 is 2.81 bits per heavy atom. The highest BCUT2D eigenvalue weighted by Crippen LogP contribution is 2.18. The first kappa shape index (κ1) is 15.3. The lowest BCUT2D eigenvalue weighted by Crippen LogP contribution is -2.25. The Bertz CT molecular complexity index is 601. The van der Waals surface area contributed by atoms with Crippen LogP contribution in [-0.4, -0.2) is 22.4 Å². The second-order valence-corrected chi connectivity index (χ2v) is 4.97. The Morgan fingerprint density at radius 2 is 2.14 bits per heavy atom. The Hall–Kier alpha value is -2.14. The molecule has 1 heterocycles. The van der Waals surface area contributed by atoms with E-state index in [2.05, 4.69) is 27.5 Å². The van der Waals surface area contributed by atoms with Gasteiger partial charge in [-0.05, 0) is 24.6 Å². The Balaban J connectivity index is 1.97. The van der Waals surface area contributed by atoms with Crippen LogP contribution in [0.15, 0.2) is 36.7 Å². The monoisotopic (exact) mass is 304 g/mol. The second kappa shape index (κ2) is 7.59. The zero-order valence-corrected chi connectivity index (χ0v) is 12.5. The van der Waals surface area contributed by atoms with Crippen LogP contribution in [-0.2, 0) is 0 Å². The van der Waals surface area contributed by atoms with E-state index in [0.717, 1.165) is 18.5 Å².